The number of hydrogen-bond acceptors (Lipinski definition) is 5. The second-order valence-corrected chi connectivity index (χ2v) is 6.19. The molecule has 1 N–H and O–H groups in total. The highest BCUT2D eigenvalue weighted by Crippen LogP contribution is 2.29. The largest absolute Gasteiger partial charge is 0.346 e. The van der Waals surface area contributed by atoms with Gasteiger partial charge < -0.3 is 4.90 Å². The molecule has 2 aromatic rings. The number of pyridine rings is 2. The number of aromatic nitrogens is 2. The third-order valence-corrected chi connectivity index (χ3v) is 3.85. The predicted molar refractivity (Wildman–Crippen MR) is 89.8 cm³/mol. The third-order valence-electron chi connectivity index (χ3n) is 3.85. The molecule has 0 radical (unpaired) electrons. The number of anilines is 1. The fourth-order valence-corrected chi connectivity index (χ4v) is 2.86. The summed E-state index contributed by atoms with van der Waals surface area (Å²) < 4.78 is 0. The van der Waals surface area contributed by atoms with Gasteiger partial charge in [-0.3, -0.25) is 15.1 Å². The van der Waals surface area contributed by atoms with Crippen LogP contribution in [0.25, 0.3) is 11.3 Å². The molecule has 1 saturated heterocycles. The van der Waals surface area contributed by atoms with Gasteiger partial charge in [-0.1, -0.05) is 0 Å². The van der Waals surface area contributed by atoms with E-state index in [0.29, 0.717) is 12.2 Å². The summed E-state index contributed by atoms with van der Waals surface area (Å²) in [6.45, 7) is 4.78. The molecule has 116 valence electrons. The van der Waals surface area contributed by atoms with E-state index in [1.807, 2.05) is 29.2 Å². The number of rotatable bonds is 3. The molecule has 0 spiro atoms. The molecule has 5 heteroatoms. The first-order valence-corrected chi connectivity index (χ1v) is 7.42. The summed E-state index contributed by atoms with van der Waals surface area (Å²) in [5.74, 6) is 2.64. The maximum atomic E-state index is 11.4. The summed E-state index contributed by atoms with van der Waals surface area (Å²) in [6, 6.07) is 7.62. The van der Waals surface area contributed by atoms with E-state index in [-0.39, 0.29) is 5.54 Å². The van der Waals surface area contributed by atoms with E-state index >= 15 is 0 Å². The van der Waals surface area contributed by atoms with E-state index in [1.54, 1.807) is 12.4 Å². The highest BCUT2D eigenvalue weighted by molar-refractivity contribution is 5.72. The summed E-state index contributed by atoms with van der Waals surface area (Å²) in [5.41, 5.74) is 2.82. The Labute approximate surface area is 135 Å². The molecule has 3 heterocycles. The normalized spacial score (nSPS) is 19.3. The molecule has 0 aromatic carbocycles. The molecule has 1 aliphatic rings. The summed E-state index contributed by atoms with van der Waals surface area (Å²) in [4.78, 5) is 22.0. The Kier molecular flexibility index (Phi) is 3.85. The number of aldehydes is 1. The van der Waals surface area contributed by atoms with Crippen molar-refractivity contribution in [3.63, 3.8) is 0 Å². The Morgan fingerprint density at radius 1 is 1.43 bits per heavy atom. The van der Waals surface area contributed by atoms with Gasteiger partial charge in [0.05, 0.1) is 11.4 Å². The molecule has 0 amide bonds. The number of carbonyl (C=O) groups is 1. The van der Waals surface area contributed by atoms with Gasteiger partial charge in [-0.2, -0.15) is 0 Å². The maximum Gasteiger partial charge on any atom is 0.157 e. The quantitative estimate of drug-likeness (QED) is 0.692. The Hall–Kier alpha value is -2.71. The van der Waals surface area contributed by atoms with E-state index in [9.17, 15) is 4.79 Å². The minimum atomic E-state index is -0.400. The average molecular weight is 306 g/mol. The van der Waals surface area contributed by atoms with Gasteiger partial charge in [0.25, 0.3) is 0 Å². The molecule has 0 bridgehead atoms. The zero-order valence-corrected chi connectivity index (χ0v) is 13.2. The van der Waals surface area contributed by atoms with Gasteiger partial charge in [-0.15, -0.1) is 6.42 Å². The SMILES string of the molecule is C#Cc1nc(-c2cccnc2)ccc1N1CC(C)(C)NC1C=O. The fraction of sp³-hybridized carbons (Fsp3) is 0.278. The van der Waals surface area contributed by atoms with Gasteiger partial charge >= 0.3 is 0 Å². The van der Waals surface area contributed by atoms with Crippen molar-refractivity contribution in [3.05, 3.63) is 42.4 Å². The zero-order valence-electron chi connectivity index (χ0n) is 13.2. The topological polar surface area (TPSA) is 58.1 Å². The summed E-state index contributed by atoms with van der Waals surface area (Å²) >= 11 is 0. The number of carbonyl (C=O) groups excluding carboxylic acids is 1. The Morgan fingerprint density at radius 2 is 2.26 bits per heavy atom. The second kappa shape index (κ2) is 5.82. The molecule has 1 aliphatic heterocycles. The van der Waals surface area contributed by atoms with Crippen LogP contribution in [0.15, 0.2) is 36.7 Å². The Balaban J connectivity index is 2.01. The van der Waals surface area contributed by atoms with Crippen molar-refractivity contribution in [2.45, 2.75) is 25.6 Å². The van der Waals surface area contributed by atoms with E-state index < -0.39 is 6.17 Å². The monoisotopic (exact) mass is 306 g/mol. The van der Waals surface area contributed by atoms with Gasteiger partial charge in [-0.25, -0.2) is 4.98 Å². The second-order valence-electron chi connectivity index (χ2n) is 6.19. The van der Waals surface area contributed by atoms with Crippen molar-refractivity contribution in [1.29, 1.82) is 0 Å². The molecule has 3 rings (SSSR count). The molecule has 23 heavy (non-hydrogen) atoms. The summed E-state index contributed by atoms with van der Waals surface area (Å²) in [7, 11) is 0. The smallest absolute Gasteiger partial charge is 0.157 e. The van der Waals surface area contributed by atoms with E-state index in [2.05, 4.69) is 35.1 Å². The van der Waals surface area contributed by atoms with Gasteiger partial charge in [0.1, 0.15) is 11.9 Å². The van der Waals surface area contributed by atoms with Crippen LogP contribution in [-0.2, 0) is 4.79 Å². The van der Waals surface area contributed by atoms with Crippen LogP contribution in [0.2, 0.25) is 0 Å². The standard InChI is InChI=1S/C18H18N4O/c1-4-14-16(22-12-18(2,3)21-17(22)11-23)8-7-15(20-14)13-6-5-9-19-10-13/h1,5-11,17,21H,12H2,2-3H3. The molecule has 1 fully saturated rings. The number of terminal acetylenes is 1. The molecule has 5 nitrogen and oxygen atoms in total. The van der Waals surface area contributed by atoms with Crippen LogP contribution in [0.5, 0.6) is 0 Å². The van der Waals surface area contributed by atoms with Crippen molar-refractivity contribution in [2.24, 2.45) is 0 Å². The average Bonchev–Trinajstić information content (AvgIpc) is 2.89. The first-order chi connectivity index (χ1) is 11.0. The lowest BCUT2D eigenvalue weighted by molar-refractivity contribution is -0.109. The maximum absolute atomic E-state index is 11.4. The van der Waals surface area contributed by atoms with Gasteiger partial charge in [0, 0.05) is 30.0 Å². The summed E-state index contributed by atoms with van der Waals surface area (Å²) in [6.07, 6.45) is 9.61. The van der Waals surface area contributed by atoms with Crippen LogP contribution in [0.3, 0.4) is 0 Å². The Bertz CT molecular complexity index is 764. The number of hydrogen-bond donors (Lipinski definition) is 1. The first kappa shape index (κ1) is 15.2. The van der Waals surface area contributed by atoms with Crippen LogP contribution in [0.1, 0.15) is 19.5 Å². The molecular weight excluding hydrogens is 288 g/mol. The van der Waals surface area contributed by atoms with E-state index in [4.69, 9.17) is 6.42 Å². The molecule has 0 aliphatic carbocycles. The fourth-order valence-electron chi connectivity index (χ4n) is 2.86. The predicted octanol–water partition coefficient (Wildman–Crippen LogP) is 1.84. The van der Waals surface area contributed by atoms with Gasteiger partial charge in [0.2, 0.25) is 0 Å². The molecular formula is C18H18N4O. The molecule has 1 unspecified atom stereocenters. The van der Waals surface area contributed by atoms with Crippen molar-refractivity contribution < 1.29 is 4.79 Å². The Morgan fingerprint density at radius 3 is 2.91 bits per heavy atom. The van der Waals surface area contributed by atoms with Crippen molar-refractivity contribution >= 4 is 12.0 Å². The summed E-state index contributed by atoms with van der Waals surface area (Å²) in [5, 5.41) is 3.28. The molecule has 0 saturated carbocycles. The lowest BCUT2D eigenvalue weighted by atomic mass is 10.1. The highest BCUT2D eigenvalue weighted by Gasteiger charge is 2.37. The van der Waals surface area contributed by atoms with Gasteiger partial charge in [-0.05, 0) is 44.0 Å². The zero-order chi connectivity index (χ0) is 16.4. The lowest BCUT2D eigenvalue weighted by Crippen LogP contribution is -2.41. The third kappa shape index (κ3) is 2.94. The minimum absolute atomic E-state index is 0.167. The van der Waals surface area contributed by atoms with Crippen molar-refractivity contribution in [3.8, 4) is 23.6 Å². The van der Waals surface area contributed by atoms with E-state index in [1.165, 1.54) is 0 Å². The number of nitrogens with zero attached hydrogens (tertiary/aromatic N) is 3. The van der Waals surface area contributed by atoms with Gasteiger partial charge in [0.15, 0.2) is 6.29 Å². The first-order valence-electron chi connectivity index (χ1n) is 7.42. The van der Waals surface area contributed by atoms with E-state index in [0.717, 1.165) is 23.2 Å². The number of nitrogens with one attached hydrogen (secondary N) is 1. The lowest BCUT2D eigenvalue weighted by Gasteiger charge is -2.23. The van der Waals surface area contributed by atoms with Crippen LogP contribution in [0, 0.1) is 12.3 Å². The minimum Gasteiger partial charge on any atom is -0.346 e. The van der Waals surface area contributed by atoms with Crippen LogP contribution >= 0.6 is 0 Å². The van der Waals surface area contributed by atoms with Crippen molar-refractivity contribution in [1.82, 2.24) is 15.3 Å². The van der Waals surface area contributed by atoms with Crippen LogP contribution in [-0.4, -0.2) is 34.5 Å². The van der Waals surface area contributed by atoms with Crippen molar-refractivity contribution in [2.75, 3.05) is 11.4 Å². The molecule has 2 aromatic heterocycles. The van der Waals surface area contributed by atoms with Crippen LogP contribution in [0.4, 0.5) is 5.69 Å². The highest BCUT2D eigenvalue weighted by atomic mass is 16.1. The van der Waals surface area contributed by atoms with Crippen LogP contribution < -0.4 is 10.2 Å². The molecule has 1 atom stereocenters.